The van der Waals surface area contributed by atoms with Gasteiger partial charge in [0.25, 0.3) is 0 Å². The number of nitrogens with two attached hydrogens (primary N) is 1. The molecule has 0 aromatic rings. The normalized spacial score (nSPS) is 20.2. The highest BCUT2D eigenvalue weighted by Gasteiger charge is 2.19. The molecule has 0 saturated carbocycles. The van der Waals surface area contributed by atoms with Gasteiger partial charge in [-0.25, -0.2) is 5.43 Å². The molecular formula is C13H24N6OS. The van der Waals surface area contributed by atoms with Crippen molar-refractivity contribution < 1.29 is 4.79 Å². The summed E-state index contributed by atoms with van der Waals surface area (Å²) in [5, 5.41) is 9.52. The molecule has 0 aromatic carbocycles. The van der Waals surface area contributed by atoms with Gasteiger partial charge in [-0.1, -0.05) is 0 Å². The van der Waals surface area contributed by atoms with E-state index in [-0.39, 0.29) is 11.3 Å². The van der Waals surface area contributed by atoms with Gasteiger partial charge in [-0.3, -0.25) is 10.6 Å². The van der Waals surface area contributed by atoms with Gasteiger partial charge in [-0.15, -0.1) is 11.8 Å². The number of hydrogen-bond acceptors (Lipinski definition) is 7. The van der Waals surface area contributed by atoms with Crippen molar-refractivity contribution in [3.8, 4) is 0 Å². The highest BCUT2D eigenvalue weighted by Crippen LogP contribution is 2.16. The van der Waals surface area contributed by atoms with E-state index in [1.807, 2.05) is 13.1 Å². The van der Waals surface area contributed by atoms with Crippen LogP contribution in [-0.2, 0) is 4.79 Å². The number of amides is 1. The molecule has 2 aliphatic heterocycles. The molecule has 1 amide bonds. The monoisotopic (exact) mass is 312 g/mol. The third-order valence-electron chi connectivity index (χ3n) is 3.37. The van der Waals surface area contributed by atoms with Gasteiger partial charge in [0.15, 0.2) is 0 Å². The zero-order valence-electron chi connectivity index (χ0n) is 12.3. The number of piperazine rings is 1. The Morgan fingerprint density at radius 2 is 2.29 bits per heavy atom. The lowest BCUT2D eigenvalue weighted by Crippen LogP contribution is -2.45. The first kappa shape index (κ1) is 16.2. The van der Waals surface area contributed by atoms with E-state index in [4.69, 9.17) is 5.84 Å². The quantitative estimate of drug-likeness (QED) is 0.241. The Balaban J connectivity index is 1.89. The van der Waals surface area contributed by atoms with Crippen LogP contribution < -0.4 is 27.2 Å². The molecule has 2 rings (SSSR count). The highest BCUT2D eigenvalue weighted by atomic mass is 32.2. The fourth-order valence-electron chi connectivity index (χ4n) is 2.24. The zero-order chi connectivity index (χ0) is 15.1. The van der Waals surface area contributed by atoms with Crippen molar-refractivity contribution in [2.24, 2.45) is 5.84 Å². The van der Waals surface area contributed by atoms with E-state index in [0.29, 0.717) is 5.75 Å². The van der Waals surface area contributed by atoms with Crippen molar-refractivity contribution in [2.75, 3.05) is 38.5 Å². The molecule has 0 aromatic heterocycles. The lowest BCUT2D eigenvalue weighted by Gasteiger charge is -2.34. The summed E-state index contributed by atoms with van der Waals surface area (Å²) in [6.07, 6.45) is 4.00. The Bertz CT molecular complexity index is 419. The number of hydrazine groups is 1. The maximum Gasteiger partial charge on any atom is 0.234 e. The molecular weight excluding hydrogens is 288 g/mol. The van der Waals surface area contributed by atoms with Gasteiger partial charge in [0.05, 0.1) is 22.5 Å². The predicted octanol–water partition coefficient (Wildman–Crippen LogP) is -1.12. The van der Waals surface area contributed by atoms with Crippen LogP contribution in [0.15, 0.2) is 23.7 Å². The highest BCUT2D eigenvalue weighted by molar-refractivity contribution is 8.00. The van der Waals surface area contributed by atoms with E-state index in [9.17, 15) is 4.79 Å². The number of nitrogens with zero attached hydrogens (tertiary/aromatic N) is 1. The van der Waals surface area contributed by atoms with E-state index in [2.05, 4.69) is 32.4 Å². The molecule has 118 valence electrons. The predicted molar refractivity (Wildman–Crippen MR) is 86.0 cm³/mol. The number of nitrogens with one attached hydrogen (secondary N) is 4. The molecule has 2 heterocycles. The molecule has 7 nitrogen and oxygen atoms in total. The molecule has 0 bridgehead atoms. The van der Waals surface area contributed by atoms with Crippen LogP contribution in [0.5, 0.6) is 0 Å². The second-order valence-corrected chi connectivity index (χ2v) is 6.29. The summed E-state index contributed by atoms with van der Waals surface area (Å²) in [4.78, 5) is 14.3. The van der Waals surface area contributed by atoms with Crippen LogP contribution in [0.4, 0.5) is 0 Å². The number of hydrogen-bond donors (Lipinski definition) is 5. The summed E-state index contributed by atoms with van der Waals surface area (Å²) in [6.45, 7) is 6.58. The Morgan fingerprint density at radius 3 is 3.00 bits per heavy atom. The second-order valence-electron chi connectivity index (χ2n) is 4.96. The number of carbonyl (C=O) groups is 1. The first-order chi connectivity index (χ1) is 10.2. The van der Waals surface area contributed by atoms with Crippen LogP contribution >= 0.6 is 11.8 Å². The molecule has 6 N–H and O–H groups in total. The van der Waals surface area contributed by atoms with Gasteiger partial charge in [0, 0.05) is 38.9 Å². The summed E-state index contributed by atoms with van der Waals surface area (Å²) in [6, 6.07) is 0. The zero-order valence-corrected chi connectivity index (χ0v) is 13.1. The second kappa shape index (κ2) is 8.28. The molecule has 1 saturated heterocycles. The molecule has 0 aliphatic carbocycles. The minimum atomic E-state index is -0.0157. The third kappa shape index (κ3) is 4.92. The lowest BCUT2D eigenvalue weighted by molar-refractivity contribution is -0.117. The van der Waals surface area contributed by atoms with Crippen LogP contribution in [-0.4, -0.2) is 54.7 Å². The van der Waals surface area contributed by atoms with Gasteiger partial charge in [-0.2, -0.15) is 0 Å². The van der Waals surface area contributed by atoms with E-state index < -0.39 is 0 Å². The summed E-state index contributed by atoms with van der Waals surface area (Å²) >= 11 is 1.47. The van der Waals surface area contributed by atoms with Gasteiger partial charge in [0.2, 0.25) is 5.91 Å². The van der Waals surface area contributed by atoms with Gasteiger partial charge >= 0.3 is 0 Å². The van der Waals surface area contributed by atoms with Gasteiger partial charge < -0.3 is 20.9 Å². The summed E-state index contributed by atoms with van der Waals surface area (Å²) < 4.78 is 0. The maximum atomic E-state index is 12.0. The van der Waals surface area contributed by atoms with Crippen molar-refractivity contribution in [1.29, 1.82) is 0 Å². The lowest BCUT2D eigenvalue weighted by atomic mass is 10.2. The Kier molecular flexibility index (Phi) is 6.37. The van der Waals surface area contributed by atoms with Gasteiger partial charge in [-0.05, 0) is 13.0 Å². The van der Waals surface area contributed by atoms with E-state index in [1.54, 1.807) is 0 Å². The summed E-state index contributed by atoms with van der Waals surface area (Å²) in [7, 11) is 0. The first-order valence-corrected chi connectivity index (χ1v) is 8.23. The van der Waals surface area contributed by atoms with E-state index in [0.717, 1.165) is 44.1 Å². The van der Waals surface area contributed by atoms with Crippen molar-refractivity contribution in [3.63, 3.8) is 0 Å². The van der Waals surface area contributed by atoms with Crippen LogP contribution in [0.25, 0.3) is 0 Å². The topological polar surface area (TPSA) is 94.4 Å². The molecule has 0 spiro atoms. The largest absolute Gasteiger partial charge is 0.386 e. The fourth-order valence-corrected chi connectivity index (χ4v) is 2.81. The van der Waals surface area contributed by atoms with Crippen LogP contribution in [0.1, 0.15) is 6.92 Å². The van der Waals surface area contributed by atoms with E-state index >= 15 is 0 Å². The fraction of sp³-hybridized carbons (Fsp3) is 0.615. The molecule has 8 heteroatoms. The Labute approximate surface area is 129 Å². The molecule has 1 fully saturated rings. The molecule has 21 heavy (non-hydrogen) atoms. The smallest absolute Gasteiger partial charge is 0.234 e. The molecule has 1 atom stereocenters. The third-order valence-corrected chi connectivity index (χ3v) is 4.43. The van der Waals surface area contributed by atoms with Crippen molar-refractivity contribution in [2.45, 2.75) is 12.3 Å². The molecule has 0 radical (unpaired) electrons. The average Bonchev–Trinajstić information content (AvgIpc) is 2.54. The summed E-state index contributed by atoms with van der Waals surface area (Å²) in [5.74, 6) is 5.67. The first-order valence-electron chi connectivity index (χ1n) is 7.18. The molecule has 1 unspecified atom stereocenters. The maximum absolute atomic E-state index is 12.0. The van der Waals surface area contributed by atoms with Crippen LogP contribution in [0.3, 0.4) is 0 Å². The Morgan fingerprint density at radius 1 is 1.52 bits per heavy atom. The minimum absolute atomic E-state index is 0.0157. The number of rotatable bonds is 6. The van der Waals surface area contributed by atoms with Crippen LogP contribution in [0.2, 0.25) is 0 Å². The number of dihydropyridines is 1. The average molecular weight is 312 g/mol. The number of carbonyl (C=O) groups excluding carboxylic acids is 1. The van der Waals surface area contributed by atoms with Crippen LogP contribution in [0, 0.1) is 0 Å². The van der Waals surface area contributed by atoms with Crippen molar-refractivity contribution in [3.05, 3.63) is 23.7 Å². The standard InChI is InChI=1S/C13H24N6OS/c1-10(18-14)21-9-13(20)17-11-8-16-3-2-12(11)19-6-4-15-5-7-19/h2,8,10,15-16,18H,3-7,9,14H2,1H3,(H,17,20). The SMILES string of the molecule is CC(NN)SCC(=O)NC1=CNCC=C1N1CCNCC1. The van der Waals surface area contributed by atoms with E-state index in [1.165, 1.54) is 11.8 Å². The van der Waals surface area contributed by atoms with Gasteiger partial charge in [0.1, 0.15) is 0 Å². The van der Waals surface area contributed by atoms with Crippen molar-refractivity contribution in [1.82, 2.24) is 26.3 Å². The Hall–Kier alpha value is -1.22. The molecule has 2 aliphatic rings. The van der Waals surface area contributed by atoms with Crippen molar-refractivity contribution >= 4 is 17.7 Å². The summed E-state index contributed by atoms with van der Waals surface area (Å²) in [5.41, 5.74) is 4.57. The number of thioether (sulfide) groups is 1. The minimum Gasteiger partial charge on any atom is -0.386 e.